The molecule has 138 valence electrons. The summed E-state index contributed by atoms with van der Waals surface area (Å²) in [7, 11) is 3.93. The van der Waals surface area contributed by atoms with Crippen molar-refractivity contribution in [1.82, 2.24) is 14.8 Å². The lowest BCUT2D eigenvalue weighted by molar-refractivity contribution is 0.0961. The van der Waals surface area contributed by atoms with Crippen molar-refractivity contribution >= 4 is 17.4 Å². The van der Waals surface area contributed by atoms with E-state index in [0.717, 1.165) is 17.1 Å². The number of fused-ring (bicyclic) bond motifs is 1. The lowest BCUT2D eigenvalue weighted by Crippen LogP contribution is -2.41. The number of anilines is 2. The van der Waals surface area contributed by atoms with Crippen LogP contribution in [0.5, 0.6) is 5.75 Å². The third kappa shape index (κ3) is 3.48. The highest BCUT2D eigenvalue weighted by Gasteiger charge is 2.28. The van der Waals surface area contributed by atoms with Crippen LogP contribution in [-0.4, -0.2) is 41.3 Å². The molecule has 0 radical (unpaired) electrons. The maximum Gasteiger partial charge on any atom is 0.277 e. The molecule has 0 saturated heterocycles. The minimum absolute atomic E-state index is 0.0943. The van der Waals surface area contributed by atoms with Crippen molar-refractivity contribution in [2.24, 2.45) is 0 Å². The van der Waals surface area contributed by atoms with E-state index in [0.29, 0.717) is 31.2 Å². The second kappa shape index (κ2) is 7.11. The van der Waals surface area contributed by atoms with E-state index in [1.54, 1.807) is 21.8 Å². The molecule has 7 heteroatoms. The normalized spacial score (nSPS) is 13.4. The van der Waals surface area contributed by atoms with Gasteiger partial charge in [0.15, 0.2) is 0 Å². The Morgan fingerprint density at radius 1 is 1.11 bits per heavy atom. The van der Waals surface area contributed by atoms with E-state index in [9.17, 15) is 4.79 Å². The number of amides is 1. The molecule has 3 aromatic rings. The Hall–Kier alpha value is -3.35. The number of ether oxygens (including phenoxy) is 1. The molecule has 2 aromatic heterocycles. The van der Waals surface area contributed by atoms with Crippen LogP contribution in [0.15, 0.2) is 54.7 Å². The largest absolute Gasteiger partial charge is 0.487 e. The third-order valence-corrected chi connectivity index (χ3v) is 4.48. The standard InChI is InChI=1S/C20H21N5O2/c1-23(2)16-8-9-21-19(13-16)24-10-11-25-18(20(24)26)12-15(22-25)14-27-17-6-4-3-5-7-17/h3-9,12-13H,10-11,14H2,1-2H3. The summed E-state index contributed by atoms with van der Waals surface area (Å²) in [6.07, 6.45) is 1.73. The van der Waals surface area contributed by atoms with Gasteiger partial charge < -0.3 is 9.64 Å². The van der Waals surface area contributed by atoms with Crippen molar-refractivity contribution in [3.8, 4) is 5.75 Å². The van der Waals surface area contributed by atoms with E-state index in [2.05, 4.69) is 10.1 Å². The van der Waals surface area contributed by atoms with Gasteiger partial charge >= 0.3 is 0 Å². The summed E-state index contributed by atoms with van der Waals surface area (Å²) in [5.74, 6) is 1.34. The number of hydrogen-bond acceptors (Lipinski definition) is 5. The van der Waals surface area contributed by atoms with Crippen molar-refractivity contribution in [3.63, 3.8) is 0 Å². The Labute approximate surface area is 157 Å². The minimum atomic E-state index is -0.0943. The molecular formula is C20H21N5O2. The fourth-order valence-electron chi connectivity index (χ4n) is 3.04. The lowest BCUT2D eigenvalue weighted by atomic mass is 10.2. The van der Waals surface area contributed by atoms with Gasteiger partial charge in [0.2, 0.25) is 0 Å². The zero-order chi connectivity index (χ0) is 18.8. The van der Waals surface area contributed by atoms with Crippen molar-refractivity contribution in [3.05, 3.63) is 66.1 Å². The summed E-state index contributed by atoms with van der Waals surface area (Å²) < 4.78 is 7.49. The average Bonchev–Trinajstić information content (AvgIpc) is 3.12. The number of aromatic nitrogens is 3. The molecule has 4 rings (SSSR count). The van der Waals surface area contributed by atoms with Gasteiger partial charge in [-0.25, -0.2) is 4.98 Å². The van der Waals surface area contributed by atoms with Gasteiger partial charge in [-0.05, 0) is 24.3 Å². The number of hydrogen-bond donors (Lipinski definition) is 0. The van der Waals surface area contributed by atoms with E-state index in [-0.39, 0.29) is 5.91 Å². The molecule has 0 N–H and O–H groups in total. The molecule has 0 fully saturated rings. The van der Waals surface area contributed by atoms with E-state index >= 15 is 0 Å². The summed E-state index contributed by atoms with van der Waals surface area (Å²) >= 11 is 0. The van der Waals surface area contributed by atoms with Gasteiger partial charge in [0.1, 0.15) is 29.6 Å². The fraction of sp³-hybridized carbons (Fsp3) is 0.250. The quantitative estimate of drug-likeness (QED) is 0.697. The summed E-state index contributed by atoms with van der Waals surface area (Å²) in [6, 6.07) is 15.2. The van der Waals surface area contributed by atoms with Crippen molar-refractivity contribution < 1.29 is 9.53 Å². The molecule has 1 amide bonds. The van der Waals surface area contributed by atoms with Crippen LogP contribution in [0.1, 0.15) is 16.2 Å². The van der Waals surface area contributed by atoms with Gasteiger partial charge in [0.25, 0.3) is 5.91 Å². The molecule has 1 aliphatic heterocycles. The summed E-state index contributed by atoms with van der Waals surface area (Å²) in [5, 5.41) is 4.51. The second-order valence-corrected chi connectivity index (χ2v) is 6.57. The molecule has 0 bridgehead atoms. The molecule has 0 aliphatic carbocycles. The topological polar surface area (TPSA) is 63.5 Å². The molecule has 7 nitrogen and oxygen atoms in total. The Kier molecular flexibility index (Phi) is 4.50. The van der Waals surface area contributed by atoms with Gasteiger partial charge in [-0.15, -0.1) is 0 Å². The predicted molar refractivity (Wildman–Crippen MR) is 103 cm³/mol. The highest BCUT2D eigenvalue weighted by atomic mass is 16.5. The Morgan fingerprint density at radius 2 is 1.93 bits per heavy atom. The fourth-order valence-corrected chi connectivity index (χ4v) is 3.04. The smallest absolute Gasteiger partial charge is 0.277 e. The third-order valence-electron chi connectivity index (χ3n) is 4.48. The zero-order valence-electron chi connectivity index (χ0n) is 15.4. The van der Waals surface area contributed by atoms with Crippen molar-refractivity contribution in [2.75, 3.05) is 30.4 Å². The van der Waals surface area contributed by atoms with Gasteiger partial charge in [-0.3, -0.25) is 14.4 Å². The SMILES string of the molecule is CN(C)c1ccnc(N2CCn3nc(COc4ccccc4)cc3C2=O)c1. The van der Waals surface area contributed by atoms with Crippen LogP contribution in [0.25, 0.3) is 0 Å². The van der Waals surface area contributed by atoms with Gasteiger partial charge in [0, 0.05) is 38.6 Å². The van der Waals surface area contributed by atoms with Gasteiger partial charge in [-0.1, -0.05) is 18.2 Å². The molecule has 27 heavy (non-hydrogen) atoms. The maximum atomic E-state index is 13.0. The number of carbonyl (C=O) groups excluding carboxylic acids is 1. The van der Waals surface area contributed by atoms with E-state index in [1.165, 1.54) is 0 Å². The van der Waals surface area contributed by atoms with E-state index < -0.39 is 0 Å². The number of benzene rings is 1. The first-order chi connectivity index (χ1) is 13.1. The first kappa shape index (κ1) is 17.1. The molecule has 3 heterocycles. The molecule has 0 unspecified atom stereocenters. The number of para-hydroxylation sites is 1. The zero-order valence-corrected chi connectivity index (χ0v) is 15.4. The van der Waals surface area contributed by atoms with Crippen LogP contribution in [0, 0.1) is 0 Å². The minimum Gasteiger partial charge on any atom is -0.487 e. The van der Waals surface area contributed by atoms with Gasteiger partial charge in [0.05, 0.1) is 6.54 Å². The van der Waals surface area contributed by atoms with Crippen LogP contribution >= 0.6 is 0 Å². The Morgan fingerprint density at radius 3 is 2.70 bits per heavy atom. The monoisotopic (exact) mass is 363 g/mol. The molecule has 0 saturated carbocycles. The maximum absolute atomic E-state index is 13.0. The van der Waals surface area contributed by atoms with Crippen LogP contribution in [0.3, 0.4) is 0 Å². The highest BCUT2D eigenvalue weighted by Crippen LogP contribution is 2.23. The lowest BCUT2D eigenvalue weighted by Gasteiger charge is -2.27. The van der Waals surface area contributed by atoms with Crippen LogP contribution in [0.4, 0.5) is 11.5 Å². The highest BCUT2D eigenvalue weighted by molar-refractivity contribution is 6.05. The molecule has 0 atom stereocenters. The predicted octanol–water partition coefficient (Wildman–Crippen LogP) is 2.58. The second-order valence-electron chi connectivity index (χ2n) is 6.57. The summed E-state index contributed by atoms with van der Waals surface area (Å²) in [6.45, 7) is 1.49. The molecule has 0 spiro atoms. The van der Waals surface area contributed by atoms with E-state index in [1.807, 2.05) is 61.5 Å². The van der Waals surface area contributed by atoms with Crippen molar-refractivity contribution in [1.29, 1.82) is 0 Å². The van der Waals surface area contributed by atoms with Crippen LogP contribution in [-0.2, 0) is 13.2 Å². The number of pyridine rings is 1. The number of nitrogens with zero attached hydrogens (tertiary/aromatic N) is 5. The van der Waals surface area contributed by atoms with E-state index in [4.69, 9.17) is 4.74 Å². The Balaban J connectivity index is 1.52. The summed E-state index contributed by atoms with van der Waals surface area (Å²) in [5.41, 5.74) is 2.30. The number of rotatable bonds is 5. The average molecular weight is 363 g/mol. The first-order valence-electron chi connectivity index (χ1n) is 8.81. The molecular weight excluding hydrogens is 342 g/mol. The molecule has 1 aromatic carbocycles. The Bertz CT molecular complexity index is 952. The summed E-state index contributed by atoms with van der Waals surface area (Å²) in [4.78, 5) is 21.0. The van der Waals surface area contributed by atoms with Crippen LogP contribution < -0.4 is 14.5 Å². The first-order valence-corrected chi connectivity index (χ1v) is 8.81. The van der Waals surface area contributed by atoms with Gasteiger partial charge in [-0.2, -0.15) is 5.10 Å². The number of carbonyl (C=O) groups is 1. The van der Waals surface area contributed by atoms with Crippen LogP contribution in [0.2, 0.25) is 0 Å². The van der Waals surface area contributed by atoms with Crippen molar-refractivity contribution in [2.45, 2.75) is 13.2 Å². The molecule has 1 aliphatic rings.